The molecule has 0 saturated carbocycles. The molecule has 0 aromatic heterocycles. The van der Waals surface area contributed by atoms with Crippen molar-refractivity contribution < 1.29 is 14.6 Å². The first-order chi connectivity index (χ1) is 11.6. The number of ether oxygens (including phenoxy) is 1. The van der Waals surface area contributed by atoms with Gasteiger partial charge >= 0.3 is 5.97 Å². The third-order valence-electron chi connectivity index (χ3n) is 4.12. The Bertz CT molecular complexity index is 506. The van der Waals surface area contributed by atoms with Crippen LogP contribution in [-0.2, 0) is 9.53 Å². The zero-order chi connectivity index (χ0) is 17.6. The lowest BCUT2D eigenvalue weighted by atomic mass is 10.1. The molecule has 1 aromatic rings. The van der Waals surface area contributed by atoms with E-state index in [9.17, 15) is 9.90 Å². The molecule has 0 aliphatic carbocycles. The fraction of sp³-hybridized carbons (Fsp3) is 0.571. The van der Waals surface area contributed by atoms with E-state index in [1.165, 1.54) is 51.0 Å². The maximum Gasteiger partial charge on any atom is 0.330 e. The van der Waals surface area contributed by atoms with Crippen molar-refractivity contribution >= 4 is 12.0 Å². The van der Waals surface area contributed by atoms with Crippen molar-refractivity contribution in [3.8, 4) is 5.75 Å². The molecule has 0 bridgehead atoms. The number of hydrogen-bond acceptors (Lipinski definition) is 3. The average molecular weight is 332 g/mol. The Morgan fingerprint density at radius 1 is 1.04 bits per heavy atom. The number of hydrogen-bond donors (Lipinski definition) is 1. The van der Waals surface area contributed by atoms with Crippen LogP contribution < -0.4 is 0 Å². The highest BCUT2D eigenvalue weighted by molar-refractivity contribution is 5.87. The largest absolute Gasteiger partial charge is 0.508 e. The summed E-state index contributed by atoms with van der Waals surface area (Å²) in [5.41, 5.74) is 1.67. The van der Waals surface area contributed by atoms with Crippen molar-refractivity contribution in [3.63, 3.8) is 0 Å². The second kappa shape index (κ2) is 12.6. The summed E-state index contributed by atoms with van der Waals surface area (Å²) in [7, 11) is 0. The van der Waals surface area contributed by atoms with Gasteiger partial charge in [0, 0.05) is 6.08 Å². The van der Waals surface area contributed by atoms with Crippen molar-refractivity contribution in [3.05, 3.63) is 35.4 Å². The molecule has 0 fully saturated rings. The predicted molar refractivity (Wildman–Crippen MR) is 100 cm³/mol. The molecule has 0 unspecified atom stereocenters. The lowest BCUT2D eigenvalue weighted by Gasteiger charge is -2.03. The Kier molecular flexibility index (Phi) is 10.7. The van der Waals surface area contributed by atoms with E-state index in [2.05, 4.69) is 6.92 Å². The zero-order valence-corrected chi connectivity index (χ0v) is 15.2. The lowest BCUT2D eigenvalue weighted by Crippen LogP contribution is -2.02. The molecule has 3 heteroatoms. The summed E-state index contributed by atoms with van der Waals surface area (Å²) in [4.78, 5) is 11.6. The minimum absolute atomic E-state index is 0.264. The van der Waals surface area contributed by atoms with Gasteiger partial charge < -0.3 is 9.84 Å². The fourth-order valence-corrected chi connectivity index (χ4v) is 2.58. The molecule has 0 heterocycles. The molecule has 0 aliphatic heterocycles. The number of phenols is 1. The Hall–Kier alpha value is -1.77. The van der Waals surface area contributed by atoms with Gasteiger partial charge in [-0.1, -0.05) is 64.4 Å². The van der Waals surface area contributed by atoms with Crippen LogP contribution in [0.5, 0.6) is 5.75 Å². The van der Waals surface area contributed by atoms with Gasteiger partial charge in [-0.3, -0.25) is 0 Å². The van der Waals surface area contributed by atoms with Gasteiger partial charge in [0.25, 0.3) is 0 Å². The Balaban J connectivity index is 2.05. The molecule has 0 radical (unpaired) electrons. The molecular formula is C21H32O3. The lowest BCUT2D eigenvalue weighted by molar-refractivity contribution is -0.137. The van der Waals surface area contributed by atoms with E-state index in [0.29, 0.717) is 6.61 Å². The van der Waals surface area contributed by atoms with Crippen molar-refractivity contribution in [2.24, 2.45) is 0 Å². The number of aryl methyl sites for hydroxylation is 1. The number of aromatic hydroxyl groups is 1. The highest BCUT2D eigenvalue weighted by Gasteiger charge is 1.99. The van der Waals surface area contributed by atoms with Gasteiger partial charge in [0.1, 0.15) is 5.75 Å². The van der Waals surface area contributed by atoms with Gasteiger partial charge in [-0.2, -0.15) is 0 Å². The number of unbranched alkanes of at least 4 members (excludes halogenated alkanes) is 8. The second-order valence-corrected chi connectivity index (χ2v) is 6.38. The summed E-state index contributed by atoms with van der Waals surface area (Å²) >= 11 is 0. The maximum atomic E-state index is 11.6. The standard InChI is InChI=1S/C21H32O3/c1-3-4-5-6-7-8-9-10-11-16-24-21(23)15-13-19-12-14-20(22)18(2)17-19/h12-15,17,22H,3-11,16H2,1-2H3/b15-13+. The minimum atomic E-state index is -0.305. The smallest absolute Gasteiger partial charge is 0.330 e. The molecule has 24 heavy (non-hydrogen) atoms. The van der Waals surface area contributed by atoms with E-state index in [0.717, 1.165) is 24.0 Å². The van der Waals surface area contributed by atoms with Crippen LogP contribution in [0.25, 0.3) is 6.08 Å². The number of phenolic OH excluding ortho intramolecular Hbond substituents is 1. The average Bonchev–Trinajstić information content (AvgIpc) is 2.57. The highest BCUT2D eigenvalue weighted by atomic mass is 16.5. The molecule has 0 aliphatic rings. The van der Waals surface area contributed by atoms with Crippen molar-refractivity contribution in [2.75, 3.05) is 6.61 Å². The molecule has 3 nitrogen and oxygen atoms in total. The van der Waals surface area contributed by atoms with E-state index in [-0.39, 0.29) is 11.7 Å². The number of esters is 1. The summed E-state index contributed by atoms with van der Waals surface area (Å²) in [5, 5.41) is 9.46. The summed E-state index contributed by atoms with van der Waals surface area (Å²) in [6.07, 6.45) is 14.4. The van der Waals surface area contributed by atoms with Crippen LogP contribution in [-0.4, -0.2) is 17.7 Å². The third kappa shape index (κ3) is 9.39. The van der Waals surface area contributed by atoms with E-state index >= 15 is 0 Å². The topological polar surface area (TPSA) is 46.5 Å². The van der Waals surface area contributed by atoms with Crippen LogP contribution in [0.4, 0.5) is 0 Å². The van der Waals surface area contributed by atoms with Crippen molar-refractivity contribution in [2.45, 2.75) is 71.6 Å². The van der Waals surface area contributed by atoms with E-state index in [1.807, 2.05) is 13.0 Å². The molecule has 1 aromatic carbocycles. The van der Waals surface area contributed by atoms with E-state index in [1.54, 1.807) is 18.2 Å². The Morgan fingerprint density at radius 3 is 2.29 bits per heavy atom. The molecule has 0 saturated heterocycles. The first kappa shape index (κ1) is 20.3. The summed E-state index contributed by atoms with van der Waals surface area (Å²) < 4.78 is 5.20. The minimum Gasteiger partial charge on any atom is -0.508 e. The molecule has 0 spiro atoms. The van der Waals surface area contributed by atoms with Gasteiger partial charge in [0.2, 0.25) is 0 Å². The molecule has 1 N–H and O–H groups in total. The zero-order valence-electron chi connectivity index (χ0n) is 15.2. The molecule has 1 rings (SSSR count). The summed E-state index contributed by atoms with van der Waals surface area (Å²) in [5.74, 6) is -0.0413. The van der Waals surface area contributed by atoms with Crippen LogP contribution >= 0.6 is 0 Å². The predicted octanol–water partition coefficient (Wildman–Crippen LogP) is 5.79. The molecule has 0 amide bonds. The monoisotopic (exact) mass is 332 g/mol. The quantitative estimate of drug-likeness (QED) is 0.299. The highest BCUT2D eigenvalue weighted by Crippen LogP contribution is 2.17. The van der Waals surface area contributed by atoms with E-state index in [4.69, 9.17) is 4.74 Å². The van der Waals surface area contributed by atoms with Crippen molar-refractivity contribution in [1.29, 1.82) is 0 Å². The van der Waals surface area contributed by atoms with Crippen LogP contribution in [0, 0.1) is 6.92 Å². The molecule has 134 valence electrons. The number of benzene rings is 1. The van der Waals surface area contributed by atoms with Crippen LogP contribution in [0.15, 0.2) is 24.3 Å². The van der Waals surface area contributed by atoms with Crippen LogP contribution in [0.1, 0.15) is 75.8 Å². The maximum absolute atomic E-state index is 11.6. The van der Waals surface area contributed by atoms with Gasteiger partial charge in [-0.05, 0) is 42.7 Å². The Morgan fingerprint density at radius 2 is 1.67 bits per heavy atom. The summed E-state index contributed by atoms with van der Waals surface area (Å²) in [6.45, 7) is 4.56. The first-order valence-corrected chi connectivity index (χ1v) is 9.28. The Labute approximate surface area is 146 Å². The van der Waals surface area contributed by atoms with Crippen LogP contribution in [0.2, 0.25) is 0 Å². The van der Waals surface area contributed by atoms with Gasteiger partial charge in [-0.25, -0.2) is 4.79 Å². The van der Waals surface area contributed by atoms with E-state index < -0.39 is 0 Å². The second-order valence-electron chi connectivity index (χ2n) is 6.38. The number of carbonyl (C=O) groups is 1. The van der Waals surface area contributed by atoms with Crippen molar-refractivity contribution in [1.82, 2.24) is 0 Å². The molecule has 0 atom stereocenters. The van der Waals surface area contributed by atoms with Crippen LogP contribution in [0.3, 0.4) is 0 Å². The third-order valence-corrected chi connectivity index (χ3v) is 4.12. The fourth-order valence-electron chi connectivity index (χ4n) is 2.58. The van der Waals surface area contributed by atoms with Gasteiger partial charge in [0.05, 0.1) is 6.61 Å². The number of carbonyl (C=O) groups excluding carboxylic acids is 1. The normalized spacial score (nSPS) is 11.1. The molecular weight excluding hydrogens is 300 g/mol. The van der Waals surface area contributed by atoms with Gasteiger partial charge in [-0.15, -0.1) is 0 Å². The summed E-state index contributed by atoms with van der Waals surface area (Å²) in [6, 6.07) is 5.23. The van der Waals surface area contributed by atoms with Gasteiger partial charge in [0.15, 0.2) is 0 Å². The SMILES string of the molecule is CCCCCCCCCCCOC(=O)/C=C/c1ccc(O)c(C)c1. The number of rotatable bonds is 12. The first-order valence-electron chi connectivity index (χ1n) is 9.28.